The maximum absolute atomic E-state index is 5.19. The van der Waals surface area contributed by atoms with Crippen LogP contribution in [0.25, 0.3) is 0 Å². The zero-order valence-electron chi connectivity index (χ0n) is 11.6. The molecule has 2 rings (SSSR count). The van der Waals surface area contributed by atoms with Crippen LogP contribution in [0.1, 0.15) is 25.3 Å². The molecule has 3 heteroatoms. The van der Waals surface area contributed by atoms with Crippen LogP contribution in [0.15, 0.2) is 24.3 Å². The zero-order chi connectivity index (χ0) is 13.0. The smallest absolute Gasteiger partial charge is 0.0663 e. The van der Waals surface area contributed by atoms with E-state index in [0.29, 0.717) is 6.04 Å². The molecule has 1 unspecified atom stereocenters. The molecule has 0 spiro atoms. The highest BCUT2D eigenvalue weighted by Gasteiger charge is 2.19. The summed E-state index contributed by atoms with van der Waals surface area (Å²) in [7, 11) is 3.86. The summed E-state index contributed by atoms with van der Waals surface area (Å²) >= 11 is 0. The maximum Gasteiger partial charge on any atom is 0.0663 e. The molecular formula is C15H24N2O. The van der Waals surface area contributed by atoms with Gasteiger partial charge in [0.05, 0.1) is 6.61 Å². The zero-order valence-corrected chi connectivity index (χ0v) is 11.6. The Hall–Kier alpha value is -1.06. The second-order valence-electron chi connectivity index (χ2n) is 5.24. The van der Waals surface area contributed by atoms with Gasteiger partial charge in [0, 0.05) is 38.5 Å². The summed E-state index contributed by atoms with van der Waals surface area (Å²) in [5, 5.41) is 3.53. The first-order valence-corrected chi connectivity index (χ1v) is 6.75. The molecule has 100 valence electrons. The lowest BCUT2D eigenvalue weighted by molar-refractivity contribution is 0.183. The summed E-state index contributed by atoms with van der Waals surface area (Å²) in [6.07, 6.45) is 2.69. The molecule has 1 atom stereocenters. The van der Waals surface area contributed by atoms with E-state index in [4.69, 9.17) is 4.74 Å². The average Bonchev–Trinajstić information content (AvgIpc) is 3.20. The van der Waals surface area contributed by atoms with Crippen LogP contribution in [0.3, 0.4) is 0 Å². The highest BCUT2D eigenvalue weighted by molar-refractivity contribution is 5.47. The number of likely N-dealkylation sites (N-methyl/N-ethyl adjacent to an activating group) is 1. The molecule has 1 aromatic carbocycles. The fourth-order valence-corrected chi connectivity index (χ4v) is 2.01. The fourth-order valence-electron chi connectivity index (χ4n) is 2.01. The third kappa shape index (κ3) is 3.72. The minimum atomic E-state index is 0.394. The quantitative estimate of drug-likeness (QED) is 0.802. The van der Waals surface area contributed by atoms with Crippen molar-refractivity contribution in [2.24, 2.45) is 0 Å². The average molecular weight is 248 g/mol. The van der Waals surface area contributed by atoms with Gasteiger partial charge in [0.15, 0.2) is 0 Å². The molecule has 0 bridgehead atoms. The third-order valence-electron chi connectivity index (χ3n) is 3.58. The van der Waals surface area contributed by atoms with Crippen LogP contribution in [0, 0.1) is 0 Å². The van der Waals surface area contributed by atoms with E-state index in [9.17, 15) is 0 Å². The maximum atomic E-state index is 5.19. The Labute approximate surface area is 110 Å². The van der Waals surface area contributed by atoms with Crippen LogP contribution >= 0.6 is 0 Å². The van der Waals surface area contributed by atoms with Crippen molar-refractivity contribution < 1.29 is 4.74 Å². The van der Waals surface area contributed by atoms with Crippen molar-refractivity contribution in [1.29, 1.82) is 0 Å². The summed E-state index contributed by atoms with van der Waals surface area (Å²) in [5.41, 5.74) is 2.60. The molecule has 1 fully saturated rings. The Balaban J connectivity index is 1.88. The molecular weight excluding hydrogens is 224 g/mol. The summed E-state index contributed by atoms with van der Waals surface area (Å²) in [6, 6.07) is 9.97. The fraction of sp³-hybridized carbons (Fsp3) is 0.600. The molecule has 1 aromatic rings. The third-order valence-corrected chi connectivity index (χ3v) is 3.58. The molecule has 0 heterocycles. The van der Waals surface area contributed by atoms with Crippen molar-refractivity contribution in [2.45, 2.75) is 38.4 Å². The van der Waals surface area contributed by atoms with E-state index in [1.807, 2.05) is 0 Å². The normalized spacial score (nSPS) is 16.6. The van der Waals surface area contributed by atoms with E-state index in [-0.39, 0.29) is 0 Å². The van der Waals surface area contributed by atoms with Gasteiger partial charge in [-0.2, -0.15) is 0 Å². The number of rotatable bonds is 7. The largest absolute Gasteiger partial charge is 0.383 e. The van der Waals surface area contributed by atoms with Gasteiger partial charge in [-0.3, -0.25) is 0 Å². The highest BCUT2D eigenvalue weighted by atomic mass is 16.5. The first-order chi connectivity index (χ1) is 8.70. The number of nitrogens with one attached hydrogen (secondary N) is 1. The number of nitrogens with zero attached hydrogens (tertiary/aromatic N) is 1. The Morgan fingerprint density at radius 2 is 2.00 bits per heavy atom. The topological polar surface area (TPSA) is 24.5 Å². The predicted octanol–water partition coefficient (Wildman–Crippen LogP) is 2.41. The highest BCUT2D eigenvalue weighted by Crippen LogP contribution is 2.20. The number of anilines is 1. The van der Waals surface area contributed by atoms with E-state index in [0.717, 1.165) is 19.2 Å². The van der Waals surface area contributed by atoms with Crippen molar-refractivity contribution in [3.05, 3.63) is 29.8 Å². The van der Waals surface area contributed by atoms with Gasteiger partial charge in [-0.05, 0) is 37.5 Å². The van der Waals surface area contributed by atoms with E-state index < -0.39 is 0 Å². The van der Waals surface area contributed by atoms with E-state index in [1.54, 1.807) is 7.11 Å². The number of methoxy groups -OCH3 is 1. The molecule has 0 radical (unpaired) electrons. The Bertz CT molecular complexity index is 359. The van der Waals surface area contributed by atoms with Crippen LogP contribution in [0.5, 0.6) is 0 Å². The van der Waals surface area contributed by atoms with E-state index >= 15 is 0 Å². The van der Waals surface area contributed by atoms with Gasteiger partial charge in [0.25, 0.3) is 0 Å². The standard InChI is InChI=1S/C15H24N2O/c1-12(11-18-3)17(2)15-8-4-13(5-9-15)10-16-14-6-7-14/h4-5,8-9,12,14,16H,6-7,10-11H2,1-3H3. The molecule has 1 aliphatic carbocycles. The second kappa shape index (κ2) is 6.21. The van der Waals surface area contributed by atoms with E-state index in [2.05, 4.69) is 48.5 Å². The Kier molecular flexibility index (Phi) is 4.61. The summed E-state index contributed by atoms with van der Waals surface area (Å²) in [5.74, 6) is 0. The SMILES string of the molecule is COCC(C)N(C)c1ccc(CNC2CC2)cc1. The van der Waals surface area contributed by atoms with Gasteiger partial charge in [-0.1, -0.05) is 12.1 Å². The molecule has 0 aromatic heterocycles. The molecule has 18 heavy (non-hydrogen) atoms. The number of hydrogen-bond donors (Lipinski definition) is 1. The van der Waals surface area contributed by atoms with Crippen LogP contribution in [0.2, 0.25) is 0 Å². The van der Waals surface area contributed by atoms with Crippen molar-refractivity contribution in [2.75, 3.05) is 25.7 Å². The van der Waals surface area contributed by atoms with Crippen LogP contribution in [-0.4, -0.2) is 32.8 Å². The molecule has 1 aliphatic rings. The van der Waals surface area contributed by atoms with Gasteiger partial charge in [0.1, 0.15) is 0 Å². The number of ether oxygens (including phenoxy) is 1. The first-order valence-electron chi connectivity index (χ1n) is 6.75. The number of hydrogen-bond acceptors (Lipinski definition) is 3. The van der Waals surface area contributed by atoms with Gasteiger partial charge in [-0.25, -0.2) is 0 Å². The van der Waals surface area contributed by atoms with Crippen LogP contribution in [0.4, 0.5) is 5.69 Å². The van der Waals surface area contributed by atoms with Gasteiger partial charge < -0.3 is 15.0 Å². The lowest BCUT2D eigenvalue weighted by Gasteiger charge is -2.26. The summed E-state index contributed by atoms with van der Waals surface area (Å²) < 4.78 is 5.19. The van der Waals surface area contributed by atoms with E-state index in [1.165, 1.54) is 24.1 Å². The van der Waals surface area contributed by atoms with Crippen LogP contribution < -0.4 is 10.2 Å². The van der Waals surface area contributed by atoms with Crippen molar-refractivity contribution in [1.82, 2.24) is 5.32 Å². The minimum absolute atomic E-state index is 0.394. The van der Waals surface area contributed by atoms with Gasteiger partial charge in [-0.15, -0.1) is 0 Å². The molecule has 1 saturated carbocycles. The lowest BCUT2D eigenvalue weighted by atomic mass is 10.1. The molecule has 0 saturated heterocycles. The van der Waals surface area contributed by atoms with Crippen LogP contribution in [-0.2, 0) is 11.3 Å². The van der Waals surface area contributed by atoms with Crippen molar-refractivity contribution >= 4 is 5.69 Å². The lowest BCUT2D eigenvalue weighted by Crippen LogP contribution is -2.32. The van der Waals surface area contributed by atoms with Crippen molar-refractivity contribution in [3.8, 4) is 0 Å². The molecule has 3 nitrogen and oxygen atoms in total. The van der Waals surface area contributed by atoms with Gasteiger partial charge >= 0.3 is 0 Å². The molecule has 0 aliphatic heterocycles. The molecule has 0 amide bonds. The second-order valence-corrected chi connectivity index (χ2v) is 5.24. The predicted molar refractivity (Wildman–Crippen MR) is 76.0 cm³/mol. The monoisotopic (exact) mass is 248 g/mol. The summed E-state index contributed by atoms with van der Waals surface area (Å²) in [6.45, 7) is 3.91. The summed E-state index contributed by atoms with van der Waals surface area (Å²) in [4.78, 5) is 2.25. The van der Waals surface area contributed by atoms with Gasteiger partial charge in [0.2, 0.25) is 0 Å². The Morgan fingerprint density at radius 3 is 2.56 bits per heavy atom. The molecule has 1 N–H and O–H groups in total. The minimum Gasteiger partial charge on any atom is -0.383 e. The first kappa shape index (κ1) is 13.4. The van der Waals surface area contributed by atoms with Crippen molar-refractivity contribution in [3.63, 3.8) is 0 Å². The Morgan fingerprint density at radius 1 is 1.33 bits per heavy atom. The number of benzene rings is 1.